The number of rotatable bonds is 2. The van der Waals surface area contributed by atoms with Crippen molar-refractivity contribution < 1.29 is 0 Å². The van der Waals surface area contributed by atoms with Crippen LogP contribution in [-0.4, -0.2) is 19.9 Å². The van der Waals surface area contributed by atoms with E-state index in [0.29, 0.717) is 17.5 Å². The van der Waals surface area contributed by atoms with Crippen LogP contribution in [0.5, 0.6) is 0 Å². The minimum absolute atomic E-state index is 0.604. The Hall–Kier alpha value is -2.62. The van der Waals surface area contributed by atoms with Crippen molar-refractivity contribution in [3.63, 3.8) is 0 Å². The monoisotopic (exact) mass is 248 g/mol. The first-order chi connectivity index (χ1) is 9.33. The molecule has 1 aromatic carbocycles. The van der Waals surface area contributed by atoms with Gasteiger partial charge in [0.25, 0.3) is 0 Å². The van der Waals surface area contributed by atoms with Crippen LogP contribution in [0.4, 0.5) is 0 Å². The van der Waals surface area contributed by atoms with Gasteiger partial charge in [0.1, 0.15) is 11.5 Å². The second-order valence-electron chi connectivity index (χ2n) is 4.11. The van der Waals surface area contributed by atoms with Crippen molar-refractivity contribution in [1.29, 1.82) is 0 Å². The van der Waals surface area contributed by atoms with Crippen molar-refractivity contribution in [2.75, 3.05) is 0 Å². The average Bonchev–Trinajstić information content (AvgIpc) is 2.48. The van der Waals surface area contributed by atoms with E-state index in [1.165, 1.54) is 0 Å². The molecule has 2 aromatic heterocycles. The summed E-state index contributed by atoms with van der Waals surface area (Å²) in [6, 6.07) is 15.6. The van der Waals surface area contributed by atoms with Crippen molar-refractivity contribution >= 4 is 0 Å². The molecule has 0 aliphatic carbocycles. The van der Waals surface area contributed by atoms with Crippen LogP contribution in [-0.2, 0) is 0 Å². The molecule has 0 aliphatic rings. The Balaban J connectivity index is 2.12. The molecule has 3 rings (SSSR count). The third-order valence-electron chi connectivity index (χ3n) is 2.67. The third-order valence-corrected chi connectivity index (χ3v) is 2.67. The van der Waals surface area contributed by atoms with Gasteiger partial charge in [-0.2, -0.15) is 0 Å². The second-order valence-corrected chi connectivity index (χ2v) is 4.11. The van der Waals surface area contributed by atoms with Gasteiger partial charge in [-0.1, -0.05) is 36.4 Å². The number of aromatic nitrogens is 4. The maximum Gasteiger partial charge on any atom is 0.182 e. The highest BCUT2D eigenvalue weighted by atomic mass is 15.0. The lowest BCUT2D eigenvalue weighted by molar-refractivity contribution is 0.983. The number of hydrogen-bond donors (Lipinski definition) is 0. The summed E-state index contributed by atoms with van der Waals surface area (Å²) in [5, 5.41) is 0. The zero-order valence-electron chi connectivity index (χ0n) is 10.5. The van der Waals surface area contributed by atoms with E-state index >= 15 is 0 Å². The van der Waals surface area contributed by atoms with Gasteiger partial charge in [0.05, 0.1) is 0 Å². The van der Waals surface area contributed by atoms with E-state index in [-0.39, 0.29) is 0 Å². The molecule has 0 N–H and O–H groups in total. The minimum atomic E-state index is 0.604. The van der Waals surface area contributed by atoms with Crippen LogP contribution >= 0.6 is 0 Å². The maximum atomic E-state index is 4.49. The van der Waals surface area contributed by atoms with E-state index in [0.717, 1.165) is 11.3 Å². The van der Waals surface area contributed by atoms with Crippen molar-refractivity contribution in [1.82, 2.24) is 19.9 Å². The summed E-state index contributed by atoms with van der Waals surface area (Å²) in [6.07, 6.45) is 1.73. The Bertz CT molecular complexity index is 623. The standard InChI is InChI=1S/C15H12N4/c1-11-17-14(12-7-3-2-4-8-12)19-15(18-11)13-9-5-6-10-16-13/h2-10H,1H3. The summed E-state index contributed by atoms with van der Waals surface area (Å²) in [5.41, 5.74) is 1.73. The lowest BCUT2D eigenvalue weighted by Gasteiger charge is -2.04. The molecule has 92 valence electrons. The van der Waals surface area contributed by atoms with Gasteiger partial charge in [-0.15, -0.1) is 0 Å². The first-order valence-corrected chi connectivity index (χ1v) is 6.02. The van der Waals surface area contributed by atoms with Crippen molar-refractivity contribution in [2.24, 2.45) is 0 Å². The smallest absolute Gasteiger partial charge is 0.182 e. The van der Waals surface area contributed by atoms with E-state index in [2.05, 4.69) is 19.9 Å². The SMILES string of the molecule is Cc1nc(-c2ccccc2)nc(-c2ccccn2)n1. The Morgan fingerprint density at radius 2 is 1.47 bits per heavy atom. The van der Waals surface area contributed by atoms with Crippen LogP contribution in [0.1, 0.15) is 5.82 Å². The third kappa shape index (κ3) is 2.47. The molecule has 0 saturated carbocycles. The lowest BCUT2D eigenvalue weighted by Crippen LogP contribution is -2.00. The number of benzene rings is 1. The van der Waals surface area contributed by atoms with Crippen molar-refractivity contribution in [3.05, 3.63) is 60.6 Å². The molecule has 0 saturated heterocycles. The molecule has 4 nitrogen and oxygen atoms in total. The molecule has 0 atom stereocenters. The van der Waals surface area contributed by atoms with Gasteiger partial charge in [0, 0.05) is 11.8 Å². The fourth-order valence-corrected chi connectivity index (χ4v) is 1.81. The van der Waals surface area contributed by atoms with Crippen molar-refractivity contribution in [3.8, 4) is 22.9 Å². The number of nitrogens with zero attached hydrogens (tertiary/aromatic N) is 4. The van der Waals surface area contributed by atoms with E-state index in [1.807, 2.05) is 55.5 Å². The van der Waals surface area contributed by atoms with Gasteiger partial charge < -0.3 is 0 Å². The Labute approximate surface area is 111 Å². The molecule has 0 radical (unpaired) electrons. The summed E-state index contributed by atoms with van der Waals surface area (Å²) < 4.78 is 0. The average molecular weight is 248 g/mol. The van der Waals surface area contributed by atoms with Crippen LogP contribution in [0.3, 0.4) is 0 Å². The molecule has 0 fully saturated rings. The first kappa shape index (κ1) is 11.5. The topological polar surface area (TPSA) is 51.6 Å². The van der Waals surface area contributed by atoms with E-state index in [1.54, 1.807) is 6.20 Å². The summed E-state index contributed by atoms with van der Waals surface area (Å²) >= 11 is 0. The highest BCUT2D eigenvalue weighted by molar-refractivity contribution is 5.58. The molecule has 0 aliphatic heterocycles. The quantitative estimate of drug-likeness (QED) is 0.699. The normalized spacial score (nSPS) is 10.4. The molecule has 19 heavy (non-hydrogen) atoms. The van der Waals surface area contributed by atoms with Gasteiger partial charge in [0.2, 0.25) is 0 Å². The molecular formula is C15H12N4. The molecule has 0 amide bonds. The zero-order valence-corrected chi connectivity index (χ0v) is 10.5. The van der Waals surface area contributed by atoms with E-state index < -0.39 is 0 Å². The van der Waals surface area contributed by atoms with Gasteiger partial charge in [-0.05, 0) is 19.1 Å². The van der Waals surface area contributed by atoms with E-state index in [9.17, 15) is 0 Å². The number of aryl methyl sites for hydroxylation is 1. The zero-order chi connectivity index (χ0) is 13.1. The fourth-order valence-electron chi connectivity index (χ4n) is 1.81. The van der Waals surface area contributed by atoms with Gasteiger partial charge in [0.15, 0.2) is 11.6 Å². The highest BCUT2D eigenvalue weighted by Gasteiger charge is 2.08. The lowest BCUT2D eigenvalue weighted by atomic mass is 10.2. The highest BCUT2D eigenvalue weighted by Crippen LogP contribution is 2.18. The molecule has 4 heteroatoms. The predicted octanol–water partition coefficient (Wildman–Crippen LogP) is 2.91. The second kappa shape index (κ2) is 4.94. The van der Waals surface area contributed by atoms with Crippen LogP contribution in [0.2, 0.25) is 0 Å². The predicted molar refractivity (Wildman–Crippen MR) is 73.2 cm³/mol. The minimum Gasteiger partial charge on any atom is -0.253 e. The molecular weight excluding hydrogens is 236 g/mol. The molecule has 0 bridgehead atoms. The van der Waals surface area contributed by atoms with Gasteiger partial charge in [-0.25, -0.2) is 15.0 Å². The summed E-state index contributed by atoms with van der Waals surface area (Å²) in [7, 11) is 0. The summed E-state index contributed by atoms with van der Waals surface area (Å²) in [4.78, 5) is 17.5. The molecule has 0 spiro atoms. The maximum absolute atomic E-state index is 4.49. The summed E-state index contributed by atoms with van der Waals surface area (Å²) in [5.74, 6) is 1.97. The van der Waals surface area contributed by atoms with Gasteiger partial charge in [-0.3, -0.25) is 4.98 Å². The summed E-state index contributed by atoms with van der Waals surface area (Å²) in [6.45, 7) is 1.86. The fraction of sp³-hybridized carbons (Fsp3) is 0.0667. The largest absolute Gasteiger partial charge is 0.253 e. The van der Waals surface area contributed by atoms with E-state index in [4.69, 9.17) is 0 Å². The van der Waals surface area contributed by atoms with Crippen molar-refractivity contribution in [2.45, 2.75) is 6.92 Å². The van der Waals surface area contributed by atoms with Crippen LogP contribution in [0.15, 0.2) is 54.7 Å². The van der Waals surface area contributed by atoms with Gasteiger partial charge >= 0.3 is 0 Å². The Kier molecular flexibility index (Phi) is 2.98. The Morgan fingerprint density at radius 1 is 0.737 bits per heavy atom. The van der Waals surface area contributed by atoms with Crippen LogP contribution < -0.4 is 0 Å². The molecule has 0 unspecified atom stereocenters. The molecule has 3 aromatic rings. The Morgan fingerprint density at radius 3 is 2.21 bits per heavy atom. The number of hydrogen-bond acceptors (Lipinski definition) is 4. The van der Waals surface area contributed by atoms with Crippen LogP contribution in [0.25, 0.3) is 22.9 Å². The number of pyridine rings is 1. The van der Waals surface area contributed by atoms with Crippen LogP contribution in [0, 0.1) is 6.92 Å². The first-order valence-electron chi connectivity index (χ1n) is 6.02. The molecule has 2 heterocycles.